The highest BCUT2D eigenvalue weighted by atomic mass is 16.5. The number of anilines is 2. The average molecular weight is 382 g/mol. The number of carbonyl (C=O) groups is 1. The standard InChI is InChI=1S/C20H26N6O2/c1-28-17-10-16(23-19(21)24-17)25-9-3-6-20(13-25)7-5-18(27)26(14-20)12-15-4-2-8-22-11-15/h2,4,8,10-11H,3,5-7,9,12-14H2,1H3,(H2,21,23,24). The molecule has 28 heavy (non-hydrogen) atoms. The Morgan fingerprint density at radius 3 is 2.96 bits per heavy atom. The Balaban J connectivity index is 1.52. The fourth-order valence-electron chi connectivity index (χ4n) is 4.39. The van der Waals surface area contributed by atoms with Crippen LogP contribution in [0.1, 0.15) is 31.2 Å². The van der Waals surface area contributed by atoms with Crippen LogP contribution in [0.3, 0.4) is 0 Å². The summed E-state index contributed by atoms with van der Waals surface area (Å²) >= 11 is 0. The van der Waals surface area contributed by atoms with E-state index in [4.69, 9.17) is 10.5 Å². The molecular formula is C20H26N6O2. The second-order valence-corrected chi connectivity index (χ2v) is 7.76. The summed E-state index contributed by atoms with van der Waals surface area (Å²) in [7, 11) is 1.58. The number of piperidine rings is 2. The molecule has 2 N–H and O–H groups in total. The number of amides is 1. The molecule has 0 bridgehead atoms. The SMILES string of the molecule is COc1cc(N2CCCC3(CCC(=O)N(Cc4cccnc4)C3)C2)nc(N)n1. The summed E-state index contributed by atoms with van der Waals surface area (Å²) in [6.07, 6.45) is 7.24. The second kappa shape index (κ2) is 7.61. The Kier molecular flexibility index (Phi) is 5.02. The number of likely N-dealkylation sites (tertiary alicyclic amines) is 1. The maximum absolute atomic E-state index is 12.5. The van der Waals surface area contributed by atoms with Gasteiger partial charge >= 0.3 is 0 Å². The zero-order valence-electron chi connectivity index (χ0n) is 16.2. The Hall–Kier alpha value is -2.90. The van der Waals surface area contributed by atoms with Gasteiger partial charge in [0.1, 0.15) is 5.82 Å². The second-order valence-electron chi connectivity index (χ2n) is 7.76. The Morgan fingerprint density at radius 2 is 2.18 bits per heavy atom. The highest BCUT2D eigenvalue weighted by Crippen LogP contribution is 2.40. The van der Waals surface area contributed by atoms with Crippen LogP contribution >= 0.6 is 0 Å². The minimum Gasteiger partial charge on any atom is -0.481 e. The van der Waals surface area contributed by atoms with Gasteiger partial charge in [-0.1, -0.05) is 6.07 Å². The number of pyridine rings is 1. The van der Waals surface area contributed by atoms with Crippen molar-refractivity contribution in [1.29, 1.82) is 0 Å². The quantitative estimate of drug-likeness (QED) is 0.862. The number of nitrogens with two attached hydrogens (primary N) is 1. The normalized spacial score (nSPS) is 22.5. The van der Waals surface area contributed by atoms with Crippen molar-refractivity contribution in [3.8, 4) is 5.88 Å². The van der Waals surface area contributed by atoms with Gasteiger partial charge in [-0.25, -0.2) is 0 Å². The molecule has 2 aromatic rings. The molecule has 0 saturated carbocycles. The van der Waals surface area contributed by atoms with Crippen LogP contribution in [0, 0.1) is 5.41 Å². The molecular weight excluding hydrogens is 356 g/mol. The lowest BCUT2D eigenvalue weighted by atomic mass is 9.73. The molecule has 1 unspecified atom stereocenters. The van der Waals surface area contributed by atoms with Crippen molar-refractivity contribution < 1.29 is 9.53 Å². The molecule has 2 aromatic heterocycles. The van der Waals surface area contributed by atoms with Crippen LogP contribution in [-0.4, -0.2) is 52.5 Å². The number of methoxy groups -OCH3 is 1. The van der Waals surface area contributed by atoms with E-state index in [-0.39, 0.29) is 17.3 Å². The first-order valence-electron chi connectivity index (χ1n) is 9.67. The van der Waals surface area contributed by atoms with Crippen LogP contribution < -0.4 is 15.4 Å². The zero-order chi connectivity index (χ0) is 19.6. The van der Waals surface area contributed by atoms with Crippen LogP contribution in [0.15, 0.2) is 30.6 Å². The van der Waals surface area contributed by atoms with E-state index in [9.17, 15) is 4.79 Å². The van der Waals surface area contributed by atoms with Crippen LogP contribution in [0.2, 0.25) is 0 Å². The zero-order valence-corrected chi connectivity index (χ0v) is 16.2. The van der Waals surface area contributed by atoms with Gasteiger partial charge in [-0.3, -0.25) is 9.78 Å². The molecule has 1 amide bonds. The number of carbonyl (C=O) groups excluding carboxylic acids is 1. The van der Waals surface area contributed by atoms with Gasteiger partial charge in [0.15, 0.2) is 0 Å². The van der Waals surface area contributed by atoms with Gasteiger partial charge in [0.2, 0.25) is 17.7 Å². The summed E-state index contributed by atoms with van der Waals surface area (Å²) in [5, 5.41) is 0. The van der Waals surface area contributed by atoms with Crippen molar-refractivity contribution in [2.24, 2.45) is 5.41 Å². The lowest BCUT2D eigenvalue weighted by molar-refractivity contribution is -0.138. The number of rotatable bonds is 4. The molecule has 0 aromatic carbocycles. The number of hydrogen-bond donors (Lipinski definition) is 1. The van der Waals surface area contributed by atoms with Gasteiger partial charge in [0.05, 0.1) is 7.11 Å². The molecule has 4 heterocycles. The first-order chi connectivity index (χ1) is 13.6. The molecule has 8 nitrogen and oxygen atoms in total. The molecule has 2 aliphatic rings. The summed E-state index contributed by atoms with van der Waals surface area (Å²) in [4.78, 5) is 29.4. The maximum Gasteiger partial charge on any atom is 0.225 e. The van der Waals surface area contributed by atoms with E-state index in [0.717, 1.165) is 50.3 Å². The third-order valence-corrected chi connectivity index (χ3v) is 5.75. The molecule has 0 aliphatic carbocycles. The fraction of sp³-hybridized carbons (Fsp3) is 0.500. The lowest BCUT2D eigenvalue weighted by Crippen LogP contribution is -2.54. The predicted octanol–water partition coefficient (Wildman–Crippen LogP) is 1.87. The van der Waals surface area contributed by atoms with E-state index in [2.05, 4.69) is 19.9 Å². The molecule has 1 spiro atoms. The summed E-state index contributed by atoms with van der Waals surface area (Å²) in [5.74, 6) is 1.70. The van der Waals surface area contributed by atoms with Gasteiger partial charge in [0.25, 0.3) is 0 Å². The molecule has 0 radical (unpaired) electrons. The summed E-state index contributed by atoms with van der Waals surface area (Å²) in [6, 6.07) is 5.76. The number of nitrogen functional groups attached to an aromatic ring is 1. The first kappa shape index (κ1) is 18.5. The Morgan fingerprint density at radius 1 is 1.29 bits per heavy atom. The largest absolute Gasteiger partial charge is 0.481 e. The van der Waals surface area contributed by atoms with E-state index in [1.54, 1.807) is 13.3 Å². The van der Waals surface area contributed by atoms with Crippen molar-refractivity contribution in [1.82, 2.24) is 19.9 Å². The molecule has 2 fully saturated rings. The number of ether oxygens (including phenoxy) is 1. The summed E-state index contributed by atoms with van der Waals surface area (Å²) in [6.45, 7) is 3.14. The van der Waals surface area contributed by atoms with Crippen LogP contribution in [-0.2, 0) is 11.3 Å². The number of nitrogens with zero attached hydrogens (tertiary/aromatic N) is 5. The van der Waals surface area contributed by atoms with Crippen LogP contribution in [0.5, 0.6) is 5.88 Å². The fourth-order valence-corrected chi connectivity index (χ4v) is 4.39. The minimum atomic E-state index is 0.0707. The highest BCUT2D eigenvalue weighted by Gasteiger charge is 2.42. The van der Waals surface area contributed by atoms with Crippen molar-refractivity contribution in [2.45, 2.75) is 32.2 Å². The van der Waals surface area contributed by atoms with Crippen molar-refractivity contribution >= 4 is 17.7 Å². The van der Waals surface area contributed by atoms with E-state index in [1.807, 2.05) is 29.3 Å². The number of aromatic nitrogens is 3. The van der Waals surface area contributed by atoms with E-state index >= 15 is 0 Å². The van der Waals surface area contributed by atoms with E-state index in [1.165, 1.54) is 0 Å². The molecule has 2 aliphatic heterocycles. The first-order valence-corrected chi connectivity index (χ1v) is 9.67. The number of hydrogen-bond acceptors (Lipinski definition) is 7. The smallest absolute Gasteiger partial charge is 0.225 e. The highest BCUT2D eigenvalue weighted by molar-refractivity contribution is 5.77. The van der Waals surface area contributed by atoms with Crippen LogP contribution in [0.4, 0.5) is 11.8 Å². The molecule has 2 saturated heterocycles. The predicted molar refractivity (Wildman–Crippen MR) is 106 cm³/mol. The van der Waals surface area contributed by atoms with E-state index in [0.29, 0.717) is 18.8 Å². The van der Waals surface area contributed by atoms with Crippen molar-refractivity contribution in [3.05, 3.63) is 36.2 Å². The van der Waals surface area contributed by atoms with Gasteiger partial charge in [0, 0.05) is 56.5 Å². The topological polar surface area (TPSA) is 97.5 Å². The Bertz CT molecular complexity index is 846. The van der Waals surface area contributed by atoms with Gasteiger partial charge in [-0.2, -0.15) is 9.97 Å². The van der Waals surface area contributed by atoms with Crippen molar-refractivity contribution in [2.75, 3.05) is 37.4 Å². The van der Waals surface area contributed by atoms with Gasteiger partial charge in [-0.15, -0.1) is 0 Å². The molecule has 1 atom stereocenters. The third kappa shape index (κ3) is 3.85. The molecule has 8 heteroatoms. The summed E-state index contributed by atoms with van der Waals surface area (Å²) < 4.78 is 5.24. The summed E-state index contributed by atoms with van der Waals surface area (Å²) in [5.41, 5.74) is 6.98. The van der Waals surface area contributed by atoms with Crippen LogP contribution in [0.25, 0.3) is 0 Å². The Labute approximate surface area is 164 Å². The average Bonchev–Trinajstić information content (AvgIpc) is 2.71. The van der Waals surface area contributed by atoms with Crippen molar-refractivity contribution in [3.63, 3.8) is 0 Å². The monoisotopic (exact) mass is 382 g/mol. The maximum atomic E-state index is 12.5. The minimum absolute atomic E-state index is 0.0707. The third-order valence-electron chi connectivity index (χ3n) is 5.75. The van der Waals surface area contributed by atoms with E-state index < -0.39 is 0 Å². The molecule has 4 rings (SSSR count). The van der Waals surface area contributed by atoms with Gasteiger partial charge in [-0.05, 0) is 30.9 Å². The van der Waals surface area contributed by atoms with Gasteiger partial charge < -0.3 is 20.3 Å². The molecule has 148 valence electrons. The lowest BCUT2D eigenvalue weighted by Gasteiger charge is -2.48.